The molecular weight excluding hydrogens is 415 g/mol. The highest BCUT2D eigenvalue weighted by atomic mass is 35.5. The van der Waals surface area contributed by atoms with E-state index in [0.29, 0.717) is 34.3 Å². The van der Waals surface area contributed by atoms with Crippen LogP contribution in [0, 0.1) is 0 Å². The summed E-state index contributed by atoms with van der Waals surface area (Å²) < 4.78 is 1.49. The maximum atomic E-state index is 12.9. The fourth-order valence-corrected chi connectivity index (χ4v) is 3.03. The fraction of sp³-hybridized carbons (Fsp3) is 0.211. The van der Waals surface area contributed by atoms with Crippen molar-refractivity contribution in [2.24, 2.45) is 0 Å². The number of benzene rings is 2. The lowest BCUT2D eigenvalue weighted by Gasteiger charge is -2.22. The highest BCUT2D eigenvalue weighted by Gasteiger charge is 2.19. The van der Waals surface area contributed by atoms with Gasteiger partial charge in [-0.05, 0) is 59.3 Å². The van der Waals surface area contributed by atoms with Crippen molar-refractivity contribution < 1.29 is 9.59 Å². The second kappa shape index (κ2) is 9.49. The van der Waals surface area contributed by atoms with Crippen LogP contribution in [-0.2, 0) is 4.79 Å². The SMILES string of the molecule is CCCN(CC(=O)Nc1cc(Cl)ccc1Cl)C(=O)c1ccc(-n2cnnn2)cc1. The molecule has 2 aromatic carbocycles. The number of tetrazole rings is 1. The summed E-state index contributed by atoms with van der Waals surface area (Å²) in [4.78, 5) is 26.9. The lowest BCUT2D eigenvalue weighted by atomic mass is 10.1. The first-order chi connectivity index (χ1) is 14.0. The number of amides is 2. The standard InChI is InChI=1S/C19H18Cl2N6O2/c1-2-9-26(11-18(28)23-17-10-14(20)5-8-16(17)21)19(29)13-3-6-15(7-4-13)27-12-22-24-25-27/h3-8,10,12H,2,9,11H2,1H3,(H,23,28). The molecule has 0 fully saturated rings. The molecule has 0 saturated carbocycles. The summed E-state index contributed by atoms with van der Waals surface area (Å²) in [6, 6.07) is 11.6. The molecule has 8 nitrogen and oxygen atoms in total. The van der Waals surface area contributed by atoms with Crippen molar-refractivity contribution in [3.05, 3.63) is 64.4 Å². The molecule has 150 valence electrons. The number of nitrogens with zero attached hydrogens (tertiary/aromatic N) is 5. The maximum Gasteiger partial charge on any atom is 0.254 e. The number of carbonyl (C=O) groups is 2. The number of aromatic nitrogens is 4. The number of nitrogens with one attached hydrogen (secondary N) is 1. The van der Waals surface area contributed by atoms with Gasteiger partial charge in [0.25, 0.3) is 5.91 Å². The van der Waals surface area contributed by atoms with E-state index in [2.05, 4.69) is 20.8 Å². The Morgan fingerprint density at radius 2 is 1.90 bits per heavy atom. The number of halogens is 2. The summed E-state index contributed by atoms with van der Waals surface area (Å²) in [6.07, 6.45) is 2.17. The smallest absolute Gasteiger partial charge is 0.254 e. The molecule has 29 heavy (non-hydrogen) atoms. The van der Waals surface area contributed by atoms with Gasteiger partial charge in [0.15, 0.2) is 0 Å². The van der Waals surface area contributed by atoms with Crippen molar-refractivity contribution in [2.45, 2.75) is 13.3 Å². The van der Waals surface area contributed by atoms with Crippen LogP contribution in [0.1, 0.15) is 23.7 Å². The highest BCUT2D eigenvalue weighted by molar-refractivity contribution is 6.35. The Balaban J connectivity index is 1.70. The van der Waals surface area contributed by atoms with Gasteiger partial charge in [0.1, 0.15) is 12.9 Å². The lowest BCUT2D eigenvalue weighted by Crippen LogP contribution is -2.38. The molecule has 3 aromatic rings. The van der Waals surface area contributed by atoms with E-state index in [1.807, 2.05) is 6.92 Å². The monoisotopic (exact) mass is 432 g/mol. The molecule has 0 radical (unpaired) electrons. The van der Waals surface area contributed by atoms with E-state index < -0.39 is 0 Å². The van der Waals surface area contributed by atoms with E-state index in [4.69, 9.17) is 23.2 Å². The Bertz CT molecular complexity index is 992. The van der Waals surface area contributed by atoms with Crippen LogP contribution in [0.5, 0.6) is 0 Å². The number of anilines is 1. The Hall–Kier alpha value is -2.97. The Morgan fingerprint density at radius 1 is 1.14 bits per heavy atom. The van der Waals surface area contributed by atoms with Crippen molar-refractivity contribution in [1.82, 2.24) is 25.1 Å². The third kappa shape index (κ3) is 5.30. The van der Waals surface area contributed by atoms with E-state index in [0.717, 1.165) is 5.69 Å². The van der Waals surface area contributed by atoms with Crippen LogP contribution >= 0.6 is 23.2 Å². The van der Waals surface area contributed by atoms with Gasteiger partial charge in [-0.3, -0.25) is 9.59 Å². The third-order valence-electron chi connectivity index (χ3n) is 4.05. The van der Waals surface area contributed by atoms with Crippen molar-refractivity contribution in [2.75, 3.05) is 18.4 Å². The molecule has 1 N–H and O–H groups in total. The summed E-state index contributed by atoms with van der Waals surface area (Å²) in [5, 5.41) is 14.5. The van der Waals surface area contributed by atoms with Crippen molar-refractivity contribution in [3.63, 3.8) is 0 Å². The largest absolute Gasteiger partial charge is 0.329 e. The van der Waals surface area contributed by atoms with Crippen molar-refractivity contribution in [3.8, 4) is 5.69 Å². The average molecular weight is 433 g/mol. The van der Waals surface area contributed by atoms with Gasteiger partial charge < -0.3 is 10.2 Å². The zero-order valence-corrected chi connectivity index (χ0v) is 17.1. The molecule has 0 aliphatic carbocycles. The van der Waals surface area contributed by atoms with Gasteiger partial charge in [-0.15, -0.1) is 5.10 Å². The summed E-state index contributed by atoms with van der Waals surface area (Å²) in [5.41, 5.74) is 1.59. The van der Waals surface area contributed by atoms with E-state index in [1.54, 1.807) is 42.5 Å². The summed E-state index contributed by atoms with van der Waals surface area (Å²) in [5.74, 6) is -0.608. The van der Waals surface area contributed by atoms with Crippen LogP contribution in [-0.4, -0.2) is 50.0 Å². The molecule has 0 unspecified atom stereocenters. The zero-order valence-electron chi connectivity index (χ0n) is 15.5. The van der Waals surface area contributed by atoms with Crippen LogP contribution in [0.2, 0.25) is 10.0 Å². The molecule has 10 heteroatoms. The van der Waals surface area contributed by atoms with Gasteiger partial charge in [-0.25, -0.2) is 4.68 Å². The Kier molecular flexibility index (Phi) is 6.79. The van der Waals surface area contributed by atoms with Crippen LogP contribution < -0.4 is 5.32 Å². The zero-order chi connectivity index (χ0) is 20.8. The molecule has 0 bridgehead atoms. The van der Waals surface area contributed by atoms with Gasteiger partial charge in [0.05, 0.1) is 16.4 Å². The van der Waals surface area contributed by atoms with Crippen LogP contribution in [0.4, 0.5) is 5.69 Å². The molecule has 3 rings (SSSR count). The van der Waals surface area contributed by atoms with Gasteiger partial charge in [0, 0.05) is 17.1 Å². The minimum Gasteiger partial charge on any atom is -0.329 e. The molecule has 1 aromatic heterocycles. The van der Waals surface area contributed by atoms with Gasteiger partial charge in [-0.2, -0.15) is 0 Å². The molecule has 1 heterocycles. The summed E-state index contributed by atoms with van der Waals surface area (Å²) in [6.45, 7) is 2.27. The minimum atomic E-state index is -0.360. The second-order valence-electron chi connectivity index (χ2n) is 6.20. The summed E-state index contributed by atoms with van der Waals surface area (Å²) in [7, 11) is 0. The van der Waals surface area contributed by atoms with E-state index in [9.17, 15) is 9.59 Å². The highest BCUT2D eigenvalue weighted by Crippen LogP contribution is 2.25. The molecule has 0 atom stereocenters. The van der Waals surface area contributed by atoms with Crippen LogP contribution in [0.3, 0.4) is 0 Å². The third-order valence-corrected chi connectivity index (χ3v) is 4.61. The Labute approximate surface area is 177 Å². The van der Waals surface area contributed by atoms with Crippen molar-refractivity contribution >= 4 is 40.7 Å². The molecule has 0 saturated heterocycles. The molecule has 0 aliphatic heterocycles. The molecule has 2 amide bonds. The van der Waals surface area contributed by atoms with Crippen LogP contribution in [0.15, 0.2) is 48.8 Å². The first-order valence-corrected chi connectivity index (χ1v) is 9.61. The first kappa shape index (κ1) is 20.8. The predicted octanol–water partition coefficient (Wildman–Crippen LogP) is 3.46. The normalized spacial score (nSPS) is 10.6. The average Bonchev–Trinajstić information content (AvgIpc) is 3.25. The predicted molar refractivity (Wildman–Crippen MR) is 110 cm³/mol. The molecule has 0 aliphatic rings. The number of hydrogen-bond acceptors (Lipinski definition) is 5. The summed E-state index contributed by atoms with van der Waals surface area (Å²) >= 11 is 12.0. The molecular formula is C19H18Cl2N6O2. The van der Waals surface area contributed by atoms with E-state index in [-0.39, 0.29) is 18.4 Å². The van der Waals surface area contributed by atoms with Crippen LogP contribution in [0.25, 0.3) is 5.69 Å². The van der Waals surface area contributed by atoms with Gasteiger partial charge >= 0.3 is 0 Å². The number of carbonyl (C=O) groups excluding carboxylic acids is 2. The maximum absolute atomic E-state index is 12.9. The lowest BCUT2D eigenvalue weighted by molar-refractivity contribution is -0.116. The fourth-order valence-electron chi connectivity index (χ4n) is 2.70. The minimum absolute atomic E-state index is 0.107. The Morgan fingerprint density at radius 3 is 2.55 bits per heavy atom. The number of hydrogen-bond donors (Lipinski definition) is 1. The van der Waals surface area contributed by atoms with Gasteiger partial charge in [-0.1, -0.05) is 30.1 Å². The quantitative estimate of drug-likeness (QED) is 0.616. The van der Waals surface area contributed by atoms with Gasteiger partial charge in [0.2, 0.25) is 5.91 Å². The van der Waals surface area contributed by atoms with E-state index in [1.165, 1.54) is 15.9 Å². The molecule has 0 spiro atoms. The number of rotatable bonds is 7. The second-order valence-corrected chi connectivity index (χ2v) is 7.04. The van der Waals surface area contributed by atoms with Crippen molar-refractivity contribution in [1.29, 1.82) is 0 Å². The first-order valence-electron chi connectivity index (χ1n) is 8.85. The van der Waals surface area contributed by atoms with E-state index >= 15 is 0 Å². The topological polar surface area (TPSA) is 93.0 Å².